The summed E-state index contributed by atoms with van der Waals surface area (Å²) in [7, 11) is 0. The number of hydrogen-bond acceptors (Lipinski definition) is 4. The molecule has 0 spiro atoms. The van der Waals surface area contributed by atoms with Gasteiger partial charge in [-0.15, -0.1) is 0 Å². The van der Waals surface area contributed by atoms with Crippen LogP contribution in [0.15, 0.2) is 134 Å². The van der Waals surface area contributed by atoms with E-state index in [0.717, 1.165) is 65.9 Å². The van der Waals surface area contributed by atoms with E-state index in [1.807, 2.05) is 0 Å². The average molecular weight is 535 g/mol. The average Bonchev–Trinajstić information content (AvgIpc) is 3.08. The van der Waals surface area contributed by atoms with E-state index in [-0.39, 0.29) is 0 Å². The summed E-state index contributed by atoms with van der Waals surface area (Å²) in [5.74, 6) is 0. The van der Waals surface area contributed by atoms with Crippen molar-refractivity contribution in [1.29, 1.82) is 0 Å². The zero-order chi connectivity index (χ0) is 27.6. The quantitative estimate of drug-likeness (QED) is 0.207. The van der Waals surface area contributed by atoms with Gasteiger partial charge in [-0.1, -0.05) is 91.0 Å². The van der Waals surface area contributed by atoms with Crippen LogP contribution in [0.2, 0.25) is 0 Å². The number of hydrogen-bond donors (Lipinski definition) is 0. The molecule has 2 heterocycles. The van der Waals surface area contributed by atoms with Gasteiger partial charge in [-0.25, -0.2) is 0 Å². The Bertz CT molecular complexity index is 2290. The fraction of sp³-hybridized carbons (Fsp3) is 0. The third-order valence-electron chi connectivity index (χ3n) is 8.42. The number of rotatable bonds is 2. The first-order chi connectivity index (χ1) is 20.8. The van der Waals surface area contributed by atoms with Gasteiger partial charge >= 0.3 is 0 Å². The first-order valence-corrected chi connectivity index (χ1v) is 14.0. The van der Waals surface area contributed by atoms with Crippen LogP contribution >= 0.6 is 0 Å². The lowest BCUT2D eigenvalue weighted by molar-refractivity contribution is 1.31. The Balaban J connectivity index is 1.23. The van der Waals surface area contributed by atoms with Gasteiger partial charge in [0, 0.05) is 46.3 Å². The normalized spacial score (nSPS) is 11.8. The zero-order valence-corrected chi connectivity index (χ0v) is 22.5. The Labute approximate surface area is 241 Å². The first-order valence-electron chi connectivity index (χ1n) is 14.0. The van der Waals surface area contributed by atoms with Gasteiger partial charge in [-0.3, -0.25) is 19.9 Å². The highest BCUT2D eigenvalue weighted by atomic mass is 14.8. The van der Waals surface area contributed by atoms with Crippen molar-refractivity contribution in [2.75, 3.05) is 0 Å². The van der Waals surface area contributed by atoms with Crippen molar-refractivity contribution in [2.45, 2.75) is 0 Å². The van der Waals surface area contributed by atoms with Crippen LogP contribution in [0.5, 0.6) is 0 Å². The molecule has 0 aliphatic rings. The number of aromatic nitrogens is 4. The van der Waals surface area contributed by atoms with Crippen molar-refractivity contribution in [1.82, 2.24) is 19.9 Å². The zero-order valence-electron chi connectivity index (χ0n) is 22.5. The van der Waals surface area contributed by atoms with Gasteiger partial charge in [-0.2, -0.15) is 0 Å². The van der Waals surface area contributed by atoms with Crippen molar-refractivity contribution >= 4 is 65.2 Å². The van der Waals surface area contributed by atoms with Crippen molar-refractivity contribution in [3.05, 3.63) is 134 Å². The fourth-order valence-electron chi connectivity index (χ4n) is 6.50. The minimum absolute atomic E-state index is 0.930. The molecular formula is C38H22N4. The molecule has 0 saturated carbocycles. The van der Waals surface area contributed by atoms with Crippen LogP contribution in [-0.4, -0.2) is 19.9 Å². The molecule has 0 aliphatic carbocycles. The standard InChI is InChI=1S/C38H22N4/c1-3-10-31-27(8-1)29-14-12-25(21-33(29)37-35(31)39-16-18-41-37)23-6-5-7-24(20-23)26-13-15-30-28-9-2-4-11-32(28)36-38(34(30)22-26)42-19-17-40-36/h1-22H. The summed E-state index contributed by atoms with van der Waals surface area (Å²) in [5.41, 5.74) is 8.34. The van der Waals surface area contributed by atoms with Crippen LogP contribution in [0.1, 0.15) is 0 Å². The highest BCUT2D eigenvalue weighted by Gasteiger charge is 2.14. The van der Waals surface area contributed by atoms with Gasteiger partial charge in [0.1, 0.15) is 0 Å². The van der Waals surface area contributed by atoms with E-state index in [1.165, 1.54) is 21.5 Å². The Morgan fingerprint density at radius 3 is 1.07 bits per heavy atom. The second-order valence-corrected chi connectivity index (χ2v) is 10.7. The molecule has 0 aliphatic heterocycles. The predicted octanol–water partition coefficient (Wildman–Crippen LogP) is 9.52. The summed E-state index contributed by atoms with van der Waals surface area (Å²) >= 11 is 0. The molecule has 0 unspecified atom stereocenters. The number of benzene rings is 7. The van der Waals surface area contributed by atoms with E-state index in [1.54, 1.807) is 24.8 Å². The van der Waals surface area contributed by atoms with E-state index >= 15 is 0 Å². The van der Waals surface area contributed by atoms with Crippen LogP contribution in [0, 0.1) is 0 Å². The molecule has 42 heavy (non-hydrogen) atoms. The molecule has 0 bridgehead atoms. The van der Waals surface area contributed by atoms with E-state index in [9.17, 15) is 0 Å². The molecule has 0 fully saturated rings. The van der Waals surface area contributed by atoms with E-state index < -0.39 is 0 Å². The third kappa shape index (κ3) is 3.36. The van der Waals surface area contributed by atoms with Gasteiger partial charge in [0.25, 0.3) is 0 Å². The Hall–Kier alpha value is -5.74. The second-order valence-electron chi connectivity index (χ2n) is 10.7. The van der Waals surface area contributed by atoms with Crippen LogP contribution in [0.25, 0.3) is 87.4 Å². The molecule has 7 aromatic carbocycles. The lowest BCUT2D eigenvalue weighted by atomic mass is 9.93. The van der Waals surface area contributed by atoms with Crippen LogP contribution in [0.4, 0.5) is 0 Å². The largest absolute Gasteiger partial charge is 0.252 e. The van der Waals surface area contributed by atoms with Gasteiger partial charge in [0.15, 0.2) is 0 Å². The number of fused-ring (bicyclic) bond motifs is 12. The highest BCUT2D eigenvalue weighted by Crippen LogP contribution is 2.38. The lowest BCUT2D eigenvalue weighted by Crippen LogP contribution is -1.90. The first kappa shape index (κ1) is 23.0. The van der Waals surface area contributed by atoms with Crippen LogP contribution < -0.4 is 0 Å². The molecule has 9 rings (SSSR count). The smallest absolute Gasteiger partial charge is 0.0971 e. The molecule has 0 atom stereocenters. The van der Waals surface area contributed by atoms with Crippen molar-refractivity contribution in [3.8, 4) is 22.3 Å². The third-order valence-corrected chi connectivity index (χ3v) is 8.42. The van der Waals surface area contributed by atoms with Gasteiger partial charge in [-0.05, 0) is 62.0 Å². The molecule has 4 nitrogen and oxygen atoms in total. The van der Waals surface area contributed by atoms with E-state index in [0.29, 0.717) is 0 Å². The van der Waals surface area contributed by atoms with E-state index in [4.69, 9.17) is 19.9 Å². The fourth-order valence-corrected chi connectivity index (χ4v) is 6.50. The molecule has 0 amide bonds. The summed E-state index contributed by atoms with van der Waals surface area (Å²) in [6, 6.07) is 39.0. The maximum Gasteiger partial charge on any atom is 0.0971 e. The Kier molecular flexibility index (Phi) is 4.87. The monoisotopic (exact) mass is 534 g/mol. The highest BCUT2D eigenvalue weighted by molar-refractivity contribution is 6.24. The Morgan fingerprint density at radius 2 is 0.619 bits per heavy atom. The number of nitrogens with zero attached hydrogens (tertiary/aromatic N) is 4. The lowest BCUT2D eigenvalue weighted by Gasteiger charge is -2.12. The van der Waals surface area contributed by atoms with Crippen LogP contribution in [-0.2, 0) is 0 Å². The molecular weight excluding hydrogens is 512 g/mol. The molecule has 4 heteroatoms. The summed E-state index contributed by atoms with van der Waals surface area (Å²) < 4.78 is 0. The second kappa shape index (κ2) is 8.88. The topological polar surface area (TPSA) is 51.6 Å². The maximum absolute atomic E-state index is 4.76. The van der Waals surface area contributed by atoms with Crippen molar-refractivity contribution in [3.63, 3.8) is 0 Å². The van der Waals surface area contributed by atoms with Crippen molar-refractivity contribution in [2.24, 2.45) is 0 Å². The molecule has 2 aromatic heterocycles. The van der Waals surface area contributed by atoms with E-state index in [2.05, 4.69) is 109 Å². The molecule has 0 radical (unpaired) electrons. The van der Waals surface area contributed by atoms with Crippen LogP contribution in [0.3, 0.4) is 0 Å². The maximum atomic E-state index is 4.76. The SMILES string of the molecule is c1cc(-c2ccc3c4ccccc4c4nccnc4c3c2)cc(-c2ccc3c4ccccc4c4nccnc4c3c2)c1. The summed E-state index contributed by atoms with van der Waals surface area (Å²) in [5, 5.41) is 9.25. The predicted molar refractivity (Wildman–Crippen MR) is 174 cm³/mol. The molecule has 194 valence electrons. The summed E-state index contributed by atoms with van der Waals surface area (Å²) in [4.78, 5) is 18.9. The van der Waals surface area contributed by atoms with Gasteiger partial charge < -0.3 is 0 Å². The van der Waals surface area contributed by atoms with Crippen molar-refractivity contribution < 1.29 is 0 Å². The molecule has 0 N–H and O–H groups in total. The van der Waals surface area contributed by atoms with Gasteiger partial charge in [0.2, 0.25) is 0 Å². The summed E-state index contributed by atoms with van der Waals surface area (Å²) in [6.45, 7) is 0. The summed E-state index contributed by atoms with van der Waals surface area (Å²) in [6.07, 6.45) is 7.10. The minimum Gasteiger partial charge on any atom is -0.252 e. The Morgan fingerprint density at radius 1 is 0.262 bits per heavy atom. The van der Waals surface area contributed by atoms with Gasteiger partial charge in [0.05, 0.1) is 22.1 Å². The molecule has 0 saturated heterocycles. The molecule has 9 aromatic rings. The minimum atomic E-state index is 0.930.